The van der Waals surface area contributed by atoms with Gasteiger partial charge >= 0.3 is 0 Å². The molecule has 81 heavy (non-hydrogen) atoms. The van der Waals surface area contributed by atoms with Gasteiger partial charge in [0.05, 0.1) is 28.7 Å². The minimum atomic E-state index is 0.236. The van der Waals surface area contributed by atoms with E-state index < -0.39 is 0 Å². The first-order valence-corrected chi connectivity index (χ1v) is 32.5. The lowest BCUT2D eigenvalue weighted by Gasteiger charge is -2.16. The molecule has 0 aliphatic heterocycles. The third kappa shape index (κ3) is 12.9. The molecule has 2 atom stereocenters. The second-order valence-corrected chi connectivity index (χ2v) is 25.0. The van der Waals surface area contributed by atoms with Gasteiger partial charge in [0.2, 0.25) is 0 Å². The summed E-state index contributed by atoms with van der Waals surface area (Å²) in [6, 6.07) is 62.3. The number of phenols is 1. The standard InChI is InChI=1S/C35H32Br2N2O.C27H16Br2N2O.C8H17Br/c1-3-5-9-23(4-2)22-40-28-16-12-24(13-17-28)35-38-33-31-20-25(36)14-18-29(31)30-19-15-26(37)21-32(30)34(33)39(35)27-10-7-6-8-11-27;28-17-8-12-21-22-13-9-18(29)15-24(22)26-25(23(21)14-17)30-27(16-6-10-20(32)11-7-16)31(26)19-4-2-1-3-5-19;1-3-5-6-8(4-2)7-9/h6-8,10-21,23H,3-5,9,22H2,1-2H3;1-15,32H;8H,3-7H2,1-2H3. The highest BCUT2D eigenvalue weighted by atomic mass is 79.9. The summed E-state index contributed by atoms with van der Waals surface area (Å²) in [4.78, 5) is 10.5. The molecule has 0 saturated carbocycles. The maximum atomic E-state index is 9.84. The van der Waals surface area contributed by atoms with Crippen LogP contribution >= 0.6 is 79.6 Å². The van der Waals surface area contributed by atoms with Crippen LogP contribution in [-0.2, 0) is 0 Å². The Kier molecular flexibility index (Phi) is 19.5. The highest BCUT2D eigenvalue weighted by Gasteiger charge is 2.23. The van der Waals surface area contributed by atoms with Gasteiger partial charge in [-0.3, -0.25) is 9.13 Å². The molecule has 412 valence electrons. The molecule has 0 radical (unpaired) electrons. The zero-order chi connectivity index (χ0) is 56.6. The summed E-state index contributed by atoms with van der Waals surface area (Å²) in [5.74, 6) is 4.41. The lowest BCUT2D eigenvalue weighted by Crippen LogP contribution is -2.11. The van der Waals surface area contributed by atoms with Crippen LogP contribution in [0.2, 0.25) is 0 Å². The predicted octanol–water partition coefficient (Wildman–Crippen LogP) is 22.9. The first-order valence-electron chi connectivity index (χ1n) is 28.2. The highest BCUT2D eigenvalue weighted by Crippen LogP contribution is 2.43. The number of ether oxygens (including phenoxy) is 1. The van der Waals surface area contributed by atoms with E-state index in [2.05, 4.69) is 256 Å². The Morgan fingerprint density at radius 1 is 0.444 bits per heavy atom. The lowest BCUT2D eigenvalue weighted by molar-refractivity contribution is 0.233. The highest BCUT2D eigenvalue weighted by molar-refractivity contribution is 9.11. The van der Waals surface area contributed by atoms with Gasteiger partial charge in [-0.05, 0) is 168 Å². The van der Waals surface area contributed by atoms with Crippen molar-refractivity contribution in [2.45, 2.75) is 79.1 Å². The van der Waals surface area contributed by atoms with E-state index in [9.17, 15) is 5.11 Å². The zero-order valence-corrected chi connectivity index (χ0v) is 54.0. The molecular weight excluding hydrogens is 1330 g/mol. The van der Waals surface area contributed by atoms with Gasteiger partial charge in [-0.2, -0.15) is 0 Å². The van der Waals surface area contributed by atoms with Gasteiger partial charge in [-0.1, -0.05) is 207 Å². The molecule has 0 saturated heterocycles. The van der Waals surface area contributed by atoms with E-state index in [0.29, 0.717) is 5.92 Å². The Labute approximate surface area is 517 Å². The fraction of sp³-hybridized carbons (Fsp3) is 0.229. The molecule has 1 N–H and O–H groups in total. The van der Waals surface area contributed by atoms with Crippen LogP contribution in [0.15, 0.2) is 200 Å². The van der Waals surface area contributed by atoms with E-state index in [-0.39, 0.29) is 5.75 Å². The van der Waals surface area contributed by atoms with Crippen molar-refractivity contribution in [3.8, 4) is 45.6 Å². The van der Waals surface area contributed by atoms with E-state index >= 15 is 0 Å². The molecule has 6 nitrogen and oxygen atoms in total. The predicted molar refractivity (Wildman–Crippen MR) is 361 cm³/mol. The summed E-state index contributed by atoms with van der Waals surface area (Å²) in [6.07, 6.45) is 10.3. The number of aromatic nitrogens is 4. The number of aromatic hydroxyl groups is 1. The number of unbranched alkanes of at least 4 members (excludes halogenated alkanes) is 2. The number of halogens is 5. The normalized spacial score (nSPS) is 12.2. The number of hydrogen-bond acceptors (Lipinski definition) is 4. The topological polar surface area (TPSA) is 65.1 Å². The molecule has 11 heteroatoms. The molecule has 2 aromatic heterocycles. The molecule has 12 rings (SSSR count). The van der Waals surface area contributed by atoms with Crippen LogP contribution in [0, 0.1) is 11.8 Å². The van der Waals surface area contributed by atoms with Gasteiger partial charge in [0.1, 0.15) is 23.1 Å². The van der Waals surface area contributed by atoms with Crippen LogP contribution in [0.25, 0.3) is 99.3 Å². The van der Waals surface area contributed by atoms with Gasteiger partial charge in [0.15, 0.2) is 0 Å². The van der Waals surface area contributed by atoms with Crippen LogP contribution in [-0.4, -0.2) is 36.1 Å². The average molecular weight is 1390 g/mol. The molecule has 0 amide bonds. The number of hydrogen-bond donors (Lipinski definition) is 1. The molecular formula is C70H65Br5N4O2. The summed E-state index contributed by atoms with van der Waals surface area (Å²) >= 11 is 18.3. The van der Waals surface area contributed by atoms with Crippen molar-refractivity contribution in [1.82, 2.24) is 19.1 Å². The number of alkyl halides is 1. The van der Waals surface area contributed by atoms with Gasteiger partial charge < -0.3 is 9.84 Å². The molecule has 10 aromatic carbocycles. The van der Waals surface area contributed by atoms with Crippen LogP contribution in [0.3, 0.4) is 0 Å². The first kappa shape index (κ1) is 58.4. The molecule has 0 bridgehead atoms. The third-order valence-electron chi connectivity index (χ3n) is 15.3. The van der Waals surface area contributed by atoms with Gasteiger partial charge in [0, 0.05) is 67.3 Å². The van der Waals surface area contributed by atoms with Crippen LogP contribution < -0.4 is 4.74 Å². The SMILES string of the molecule is CCCCC(CC)CBr.CCCCC(CC)COc1ccc(-c2nc3c4cc(Br)ccc4c4ccc(Br)cc4c3n2-c2ccccc2)cc1.Oc1ccc(-c2nc3c4cc(Br)ccc4c4ccc(Br)cc4c3n2-c2ccccc2)cc1. The molecule has 2 unspecified atom stereocenters. The van der Waals surface area contributed by atoms with Crippen LogP contribution in [0.1, 0.15) is 79.1 Å². The maximum Gasteiger partial charge on any atom is 0.145 e. The molecule has 0 aliphatic rings. The fourth-order valence-electron chi connectivity index (χ4n) is 10.9. The molecule has 2 heterocycles. The Bertz CT molecular complexity index is 4100. The van der Waals surface area contributed by atoms with E-state index in [0.717, 1.165) is 120 Å². The Balaban J connectivity index is 0.000000161. The number of phenolic OH excluding ortho intramolecular Hbond substituents is 1. The van der Waals surface area contributed by atoms with Crippen molar-refractivity contribution in [2.75, 3.05) is 11.9 Å². The van der Waals surface area contributed by atoms with Gasteiger partial charge in [-0.15, -0.1) is 0 Å². The number of nitrogens with zero attached hydrogens (tertiary/aromatic N) is 4. The van der Waals surface area contributed by atoms with Crippen LogP contribution in [0.5, 0.6) is 11.5 Å². The van der Waals surface area contributed by atoms with Crippen molar-refractivity contribution in [1.29, 1.82) is 0 Å². The van der Waals surface area contributed by atoms with Crippen molar-refractivity contribution >= 4 is 145 Å². The van der Waals surface area contributed by atoms with E-state index in [1.54, 1.807) is 12.1 Å². The summed E-state index contributed by atoms with van der Waals surface area (Å²) in [6.45, 7) is 9.78. The lowest BCUT2D eigenvalue weighted by atomic mass is 10.00. The van der Waals surface area contributed by atoms with Crippen molar-refractivity contribution < 1.29 is 9.84 Å². The number of benzene rings is 10. The van der Waals surface area contributed by atoms with E-state index in [1.165, 1.54) is 71.8 Å². The number of imidazole rings is 2. The molecule has 0 spiro atoms. The minimum absolute atomic E-state index is 0.236. The number of para-hydroxylation sites is 2. The summed E-state index contributed by atoms with van der Waals surface area (Å²) in [5.41, 5.74) is 8.20. The zero-order valence-electron chi connectivity index (χ0n) is 46.1. The monoisotopic (exact) mass is 1390 g/mol. The quantitative estimate of drug-likeness (QED) is 0.0773. The van der Waals surface area contributed by atoms with Gasteiger partial charge in [0.25, 0.3) is 0 Å². The van der Waals surface area contributed by atoms with E-state index in [1.807, 2.05) is 30.3 Å². The summed E-state index contributed by atoms with van der Waals surface area (Å²) < 4.78 is 14.9. The smallest absolute Gasteiger partial charge is 0.145 e. The second kappa shape index (κ2) is 27.1. The van der Waals surface area contributed by atoms with Crippen LogP contribution in [0.4, 0.5) is 0 Å². The average Bonchev–Trinajstić information content (AvgIpc) is 3.78. The first-order chi connectivity index (χ1) is 39.5. The third-order valence-corrected chi connectivity index (χ3v) is 18.2. The minimum Gasteiger partial charge on any atom is -0.508 e. The number of fused-ring (bicyclic) bond motifs is 12. The van der Waals surface area contributed by atoms with Crippen molar-refractivity contribution in [3.05, 3.63) is 200 Å². The maximum absolute atomic E-state index is 9.84. The largest absolute Gasteiger partial charge is 0.508 e. The summed E-state index contributed by atoms with van der Waals surface area (Å²) in [7, 11) is 0. The van der Waals surface area contributed by atoms with E-state index in [4.69, 9.17) is 14.7 Å². The molecule has 12 aromatic rings. The second-order valence-electron chi connectivity index (χ2n) is 20.7. The molecule has 0 aliphatic carbocycles. The van der Waals surface area contributed by atoms with Crippen molar-refractivity contribution in [3.63, 3.8) is 0 Å². The Hall–Kier alpha value is -5.82. The molecule has 0 fully saturated rings. The number of rotatable bonds is 16. The Morgan fingerprint density at radius 3 is 1.22 bits per heavy atom. The Morgan fingerprint density at radius 2 is 0.827 bits per heavy atom. The summed E-state index contributed by atoms with van der Waals surface area (Å²) in [5, 5.41) is 20.3. The fourth-order valence-corrected chi connectivity index (χ4v) is 13.1. The van der Waals surface area contributed by atoms with Gasteiger partial charge in [-0.25, -0.2) is 9.97 Å². The van der Waals surface area contributed by atoms with Crippen molar-refractivity contribution in [2.24, 2.45) is 11.8 Å².